The fourth-order valence-electron chi connectivity index (χ4n) is 3.42. The van der Waals surface area contributed by atoms with Gasteiger partial charge in [-0.3, -0.25) is 4.79 Å². The molecule has 4 rings (SSSR count). The number of carbonyl (C=O) groups excluding carboxylic acids is 1. The largest absolute Gasteiger partial charge is 0.486 e. The molecule has 1 amide bonds. The number of hydrogen-bond donors (Lipinski definition) is 0. The Labute approximate surface area is 150 Å². The van der Waals surface area contributed by atoms with E-state index in [-0.39, 0.29) is 18.4 Å². The first-order chi connectivity index (χ1) is 12.1. The Morgan fingerprint density at radius 3 is 2.76 bits per heavy atom. The summed E-state index contributed by atoms with van der Waals surface area (Å²) >= 11 is 6.34. The van der Waals surface area contributed by atoms with Gasteiger partial charge in [0.15, 0.2) is 11.5 Å². The van der Waals surface area contributed by atoms with E-state index in [0.29, 0.717) is 29.7 Å². The summed E-state index contributed by atoms with van der Waals surface area (Å²) in [5, 5.41) is 4.60. The predicted molar refractivity (Wildman–Crippen MR) is 91.1 cm³/mol. The molecular weight excluding hydrogens is 344 g/mol. The molecule has 0 bridgehead atoms. The van der Waals surface area contributed by atoms with Crippen LogP contribution in [0.2, 0.25) is 5.02 Å². The zero-order valence-corrected chi connectivity index (χ0v) is 14.7. The maximum absolute atomic E-state index is 12.9. The summed E-state index contributed by atoms with van der Waals surface area (Å²) in [5.74, 6) is 2.05. The highest BCUT2D eigenvalue weighted by molar-refractivity contribution is 6.31. The van der Waals surface area contributed by atoms with E-state index in [9.17, 15) is 4.79 Å². The lowest BCUT2D eigenvalue weighted by Gasteiger charge is -2.24. The van der Waals surface area contributed by atoms with Gasteiger partial charge in [0.05, 0.1) is 12.5 Å². The number of nitrogens with zero attached hydrogens (tertiary/aromatic N) is 2. The molecule has 0 saturated carbocycles. The SMILES string of the molecule is Cc1cc(C2CCCN2C(=O)Cc2cc3c(cc2Cl)OCCO3)no1. The minimum Gasteiger partial charge on any atom is -0.486 e. The molecule has 1 unspecified atom stereocenters. The van der Waals surface area contributed by atoms with Crippen LogP contribution < -0.4 is 9.47 Å². The normalized spacial score (nSPS) is 19.3. The molecule has 6 nitrogen and oxygen atoms in total. The molecule has 1 aromatic heterocycles. The number of rotatable bonds is 3. The van der Waals surface area contributed by atoms with Gasteiger partial charge in [-0.25, -0.2) is 0 Å². The summed E-state index contributed by atoms with van der Waals surface area (Å²) in [5.41, 5.74) is 1.56. The number of aromatic nitrogens is 1. The average Bonchev–Trinajstić information content (AvgIpc) is 3.24. The first-order valence-corrected chi connectivity index (χ1v) is 8.80. The van der Waals surface area contributed by atoms with Crippen molar-refractivity contribution >= 4 is 17.5 Å². The number of amides is 1. The highest BCUT2D eigenvalue weighted by Gasteiger charge is 2.32. The molecule has 1 atom stereocenters. The molecule has 0 N–H and O–H groups in total. The van der Waals surface area contributed by atoms with E-state index < -0.39 is 0 Å². The van der Waals surface area contributed by atoms with Crippen LogP contribution in [0.3, 0.4) is 0 Å². The van der Waals surface area contributed by atoms with E-state index in [1.807, 2.05) is 17.9 Å². The van der Waals surface area contributed by atoms with Crippen molar-refractivity contribution in [1.82, 2.24) is 10.1 Å². The fraction of sp³-hybridized carbons (Fsp3) is 0.444. The smallest absolute Gasteiger partial charge is 0.227 e. The van der Waals surface area contributed by atoms with E-state index in [4.69, 9.17) is 25.6 Å². The summed E-state index contributed by atoms with van der Waals surface area (Å²) < 4.78 is 16.3. The molecule has 2 aromatic rings. The third-order valence-electron chi connectivity index (χ3n) is 4.61. The van der Waals surface area contributed by atoms with Gasteiger partial charge >= 0.3 is 0 Å². The molecule has 2 aliphatic heterocycles. The number of benzene rings is 1. The third-order valence-corrected chi connectivity index (χ3v) is 4.97. The molecule has 0 spiro atoms. The molecule has 0 radical (unpaired) electrons. The van der Waals surface area contributed by atoms with E-state index >= 15 is 0 Å². The van der Waals surface area contributed by atoms with Crippen LogP contribution in [-0.2, 0) is 11.2 Å². The van der Waals surface area contributed by atoms with E-state index in [1.165, 1.54) is 0 Å². The molecule has 1 aromatic carbocycles. The predicted octanol–water partition coefficient (Wildman–Crippen LogP) is 3.31. The molecule has 0 aliphatic carbocycles. The molecule has 3 heterocycles. The third kappa shape index (κ3) is 3.18. The number of carbonyl (C=O) groups is 1. The average molecular weight is 363 g/mol. The number of halogens is 1. The van der Waals surface area contributed by atoms with Gasteiger partial charge in [-0.15, -0.1) is 0 Å². The van der Waals surface area contributed by atoms with Gasteiger partial charge in [0.25, 0.3) is 0 Å². The molecule has 1 fully saturated rings. The molecule has 25 heavy (non-hydrogen) atoms. The topological polar surface area (TPSA) is 64.8 Å². The minimum atomic E-state index is -0.0269. The van der Waals surface area contributed by atoms with Gasteiger partial charge in [0.1, 0.15) is 24.7 Å². The van der Waals surface area contributed by atoms with Gasteiger partial charge < -0.3 is 18.9 Å². The van der Waals surface area contributed by atoms with Crippen molar-refractivity contribution in [2.24, 2.45) is 0 Å². The molecule has 7 heteroatoms. The van der Waals surface area contributed by atoms with Crippen LogP contribution in [0.25, 0.3) is 0 Å². The lowest BCUT2D eigenvalue weighted by atomic mass is 10.1. The number of likely N-dealkylation sites (tertiary alicyclic amines) is 1. The van der Waals surface area contributed by atoms with Crippen LogP contribution in [0.15, 0.2) is 22.7 Å². The van der Waals surface area contributed by atoms with E-state index in [2.05, 4.69) is 5.16 Å². The molecular formula is C18H19ClN2O4. The second-order valence-electron chi connectivity index (χ2n) is 6.37. The minimum absolute atomic E-state index is 0.0269. The summed E-state index contributed by atoms with van der Waals surface area (Å²) in [6.45, 7) is 3.58. The highest BCUT2D eigenvalue weighted by atomic mass is 35.5. The summed E-state index contributed by atoms with van der Waals surface area (Å²) in [6, 6.07) is 5.40. The van der Waals surface area contributed by atoms with Crippen LogP contribution in [0.5, 0.6) is 11.5 Å². The van der Waals surface area contributed by atoms with Crippen molar-refractivity contribution < 1.29 is 18.8 Å². The van der Waals surface area contributed by atoms with Crippen LogP contribution in [-0.4, -0.2) is 35.7 Å². The first kappa shape index (κ1) is 16.3. The number of hydrogen-bond acceptors (Lipinski definition) is 5. The second-order valence-corrected chi connectivity index (χ2v) is 6.78. The Balaban J connectivity index is 1.53. The fourth-order valence-corrected chi connectivity index (χ4v) is 3.64. The summed E-state index contributed by atoms with van der Waals surface area (Å²) in [4.78, 5) is 14.7. The molecule has 1 saturated heterocycles. The number of ether oxygens (including phenoxy) is 2. The number of aryl methyl sites for hydroxylation is 1. The van der Waals surface area contributed by atoms with Gasteiger partial charge in [-0.05, 0) is 31.4 Å². The standard InChI is InChI=1S/C18H19ClN2O4/c1-11-7-14(20-25-11)15-3-2-4-21(15)18(22)9-12-8-16-17(10-13(12)19)24-6-5-23-16/h7-8,10,15H,2-6,9H2,1H3. The zero-order chi connectivity index (χ0) is 17.4. The molecule has 132 valence electrons. The monoisotopic (exact) mass is 362 g/mol. The maximum atomic E-state index is 12.9. The van der Waals surface area contributed by atoms with Crippen molar-refractivity contribution in [2.75, 3.05) is 19.8 Å². The summed E-state index contributed by atoms with van der Waals surface area (Å²) in [6.07, 6.45) is 2.08. The van der Waals surface area contributed by atoms with Crippen LogP contribution in [0.4, 0.5) is 0 Å². The van der Waals surface area contributed by atoms with E-state index in [1.54, 1.807) is 12.1 Å². The molecule has 2 aliphatic rings. The van der Waals surface area contributed by atoms with Crippen molar-refractivity contribution in [3.8, 4) is 11.5 Å². The van der Waals surface area contributed by atoms with Gasteiger partial charge in [0.2, 0.25) is 5.91 Å². The van der Waals surface area contributed by atoms with Gasteiger partial charge in [-0.2, -0.15) is 0 Å². The van der Waals surface area contributed by atoms with Crippen LogP contribution >= 0.6 is 11.6 Å². The Morgan fingerprint density at radius 2 is 2.04 bits per heavy atom. The van der Waals surface area contributed by atoms with Crippen LogP contribution in [0, 0.1) is 6.92 Å². The Bertz CT molecular complexity index is 804. The van der Waals surface area contributed by atoms with Crippen molar-refractivity contribution in [3.05, 3.63) is 40.2 Å². The van der Waals surface area contributed by atoms with Crippen molar-refractivity contribution in [3.63, 3.8) is 0 Å². The number of fused-ring (bicyclic) bond motifs is 1. The Hall–Kier alpha value is -2.21. The maximum Gasteiger partial charge on any atom is 0.227 e. The van der Waals surface area contributed by atoms with Crippen molar-refractivity contribution in [2.45, 2.75) is 32.2 Å². The van der Waals surface area contributed by atoms with E-state index in [0.717, 1.165) is 36.4 Å². The second kappa shape index (κ2) is 6.59. The van der Waals surface area contributed by atoms with Gasteiger partial charge in [-0.1, -0.05) is 16.8 Å². The highest BCUT2D eigenvalue weighted by Crippen LogP contribution is 2.37. The zero-order valence-electron chi connectivity index (χ0n) is 14.0. The first-order valence-electron chi connectivity index (χ1n) is 8.42. The lowest BCUT2D eigenvalue weighted by Crippen LogP contribution is -2.32. The quantitative estimate of drug-likeness (QED) is 0.838. The Morgan fingerprint density at radius 1 is 1.28 bits per heavy atom. The van der Waals surface area contributed by atoms with Gasteiger partial charge in [0, 0.05) is 23.7 Å². The van der Waals surface area contributed by atoms with Crippen LogP contribution in [0.1, 0.15) is 35.9 Å². The summed E-state index contributed by atoms with van der Waals surface area (Å²) in [7, 11) is 0. The van der Waals surface area contributed by atoms with Crippen molar-refractivity contribution in [1.29, 1.82) is 0 Å². The lowest BCUT2D eigenvalue weighted by molar-refractivity contribution is -0.131. The Kier molecular flexibility index (Phi) is 4.29.